The number of carbonyl (C=O) groups is 2. The minimum atomic E-state index is -0.584. The number of benzene rings is 2. The molecule has 0 unspecified atom stereocenters. The number of amides is 2. The van der Waals surface area contributed by atoms with Crippen LogP contribution in [0.5, 0.6) is 5.75 Å². The van der Waals surface area contributed by atoms with Crippen LogP contribution in [-0.4, -0.2) is 53.9 Å². The van der Waals surface area contributed by atoms with E-state index in [0.717, 1.165) is 19.6 Å². The molecular weight excluding hydrogens is 406 g/mol. The average Bonchev–Trinajstić information content (AvgIpc) is 3.36. The molecule has 2 aromatic carbocycles. The van der Waals surface area contributed by atoms with E-state index in [0.29, 0.717) is 24.5 Å². The van der Waals surface area contributed by atoms with Crippen molar-refractivity contribution in [1.29, 1.82) is 0 Å². The van der Waals surface area contributed by atoms with Gasteiger partial charge in [0, 0.05) is 38.4 Å². The molecular formula is C25H27N3O4. The molecule has 7 nitrogen and oxygen atoms in total. The number of hydrogen-bond acceptors (Lipinski definition) is 5. The monoisotopic (exact) mass is 433 g/mol. The Balaban J connectivity index is 1.24. The fourth-order valence-electron chi connectivity index (χ4n) is 3.70. The minimum absolute atomic E-state index is 0.0143. The van der Waals surface area contributed by atoms with Crippen LogP contribution < -0.4 is 10.1 Å². The summed E-state index contributed by atoms with van der Waals surface area (Å²) in [4.78, 5) is 29.1. The van der Waals surface area contributed by atoms with E-state index in [4.69, 9.17) is 9.15 Å². The lowest BCUT2D eigenvalue weighted by molar-refractivity contribution is -0.139. The Morgan fingerprint density at radius 3 is 2.34 bits per heavy atom. The lowest BCUT2D eigenvalue weighted by Crippen LogP contribution is -2.51. The van der Waals surface area contributed by atoms with E-state index in [2.05, 4.69) is 22.3 Å². The van der Waals surface area contributed by atoms with Gasteiger partial charge in [0.1, 0.15) is 5.75 Å². The second kappa shape index (κ2) is 10.2. The van der Waals surface area contributed by atoms with Crippen LogP contribution in [0.1, 0.15) is 23.0 Å². The summed E-state index contributed by atoms with van der Waals surface area (Å²) in [5.74, 6) is 0.483. The second-order valence-electron chi connectivity index (χ2n) is 7.80. The van der Waals surface area contributed by atoms with Crippen molar-refractivity contribution >= 4 is 17.5 Å². The summed E-state index contributed by atoms with van der Waals surface area (Å²) >= 11 is 0. The van der Waals surface area contributed by atoms with Gasteiger partial charge >= 0.3 is 0 Å². The Morgan fingerprint density at radius 1 is 0.969 bits per heavy atom. The maximum atomic E-state index is 12.8. The maximum Gasteiger partial charge on any atom is 0.291 e. The highest BCUT2D eigenvalue weighted by Crippen LogP contribution is 2.19. The molecule has 2 heterocycles. The molecule has 2 amide bonds. The molecule has 0 aliphatic carbocycles. The lowest BCUT2D eigenvalue weighted by atomic mass is 10.2. The Kier molecular flexibility index (Phi) is 6.87. The van der Waals surface area contributed by atoms with E-state index in [9.17, 15) is 9.59 Å². The highest BCUT2D eigenvalue weighted by atomic mass is 16.5. The third-order valence-corrected chi connectivity index (χ3v) is 5.45. The molecule has 0 saturated carbocycles. The summed E-state index contributed by atoms with van der Waals surface area (Å²) in [6.07, 6.45) is 0.868. The van der Waals surface area contributed by atoms with Crippen molar-refractivity contribution in [2.75, 3.05) is 31.5 Å². The van der Waals surface area contributed by atoms with Crippen molar-refractivity contribution in [2.45, 2.75) is 19.6 Å². The number of nitrogens with one attached hydrogen (secondary N) is 1. The van der Waals surface area contributed by atoms with Gasteiger partial charge in [0.15, 0.2) is 11.9 Å². The summed E-state index contributed by atoms with van der Waals surface area (Å²) < 4.78 is 10.9. The zero-order valence-electron chi connectivity index (χ0n) is 18.1. The van der Waals surface area contributed by atoms with Gasteiger partial charge in [0.05, 0.1) is 6.26 Å². The molecule has 4 rings (SSSR count). The van der Waals surface area contributed by atoms with E-state index in [1.54, 1.807) is 43.3 Å². The van der Waals surface area contributed by atoms with E-state index in [-0.39, 0.29) is 17.6 Å². The molecule has 1 aromatic heterocycles. The molecule has 1 atom stereocenters. The van der Waals surface area contributed by atoms with Crippen molar-refractivity contribution in [3.8, 4) is 5.75 Å². The van der Waals surface area contributed by atoms with Crippen LogP contribution in [0.25, 0.3) is 0 Å². The third-order valence-electron chi connectivity index (χ3n) is 5.45. The molecule has 1 saturated heterocycles. The van der Waals surface area contributed by atoms with Crippen LogP contribution in [0.3, 0.4) is 0 Å². The number of anilines is 1. The summed E-state index contributed by atoms with van der Waals surface area (Å²) in [5.41, 5.74) is 1.90. The topological polar surface area (TPSA) is 75.0 Å². The number of rotatable bonds is 7. The van der Waals surface area contributed by atoms with Crippen molar-refractivity contribution in [3.05, 3.63) is 84.3 Å². The number of piperazine rings is 1. The molecule has 0 radical (unpaired) electrons. The number of nitrogens with zero attached hydrogens (tertiary/aromatic N) is 2. The minimum Gasteiger partial charge on any atom is -0.481 e. The molecule has 3 aromatic rings. The first-order valence-corrected chi connectivity index (χ1v) is 10.7. The first-order chi connectivity index (χ1) is 15.6. The molecule has 1 aliphatic rings. The first-order valence-electron chi connectivity index (χ1n) is 10.7. The van der Waals surface area contributed by atoms with Crippen LogP contribution in [0, 0.1) is 0 Å². The third kappa shape index (κ3) is 5.56. The smallest absolute Gasteiger partial charge is 0.291 e. The van der Waals surface area contributed by atoms with Gasteiger partial charge in [-0.15, -0.1) is 0 Å². The number of carbonyl (C=O) groups excluding carboxylic acids is 2. The summed E-state index contributed by atoms with van der Waals surface area (Å²) in [6, 6.07) is 20.6. The first kappa shape index (κ1) is 21.6. The van der Waals surface area contributed by atoms with Crippen LogP contribution in [0.2, 0.25) is 0 Å². The van der Waals surface area contributed by atoms with Gasteiger partial charge in [-0.3, -0.25) is 14.5 Å². The van der Waals surface area contributed by atoms with Gasteiger partial charge in [-0.25, -0.2) is 0 Å². The molecule has 166 valence electrons. The average molecular weight is 434 g/mol. The van der Waals surface area contributed by atoms with Crippen molar-refractivity contribution in [1.82, 2.24) is 9.80 Å². The SMILES string of the molecule is C[C@H](Oc1ccc(NC(=O)c2ccco2)cc1)C(=O)N1CCN(Cc2ccccc2)CC1. The Morgan fingerprint density at radius 2 is 1.69 bits per heavy atom. The normalized spacial score (nSPS) is 15.2. The number of ether oxygens (including phenoxy) is 1. The van der Waals surface area contributed by atoms with Gasteiger partial charge in [-0.05, 0) is 48.9 Å². The molecule has 0 bridgehead atoms. The van der Waals surface area contributed by atoms with Crippen LogP contribution in [0.15, 0.2) is 77.4 Å². The fourth-order valence-corrected chi connectivity index (χ4v) is 3.70. The van der Waals surface area contributed by atoms with Gasteiger partial charge in [-0.2, -0.15) is 0 Å². The summed E-state index contributed by atoms with van der Waals surface area (Å²) in [5, 5.41) is 2.75. The zero-order valence-corrected chi connectivity index (χ0v) is 18.1. The van der Waals surface area contributed by atoms with Crippen molar-refractivity contribution in [2.24, 2.45) is 0 Å². The number of furan rings is 1. The van der Waals surface area contributed by atoms with Crippen molar-refractivity contribution < 1.29 is 18.7 Å². The van der Waals surface area contributed by atoms with Crippen molar-refractivity contribution in [3.63, 3.8) is 0 Å². The van der Waals surface area contributed by atoms with Crippen LogP contribution >= 0.6 is 0 Å². The quantitative estimate of drug-likeness (QED) is 0.616. The number of hydrogen-bond donors (Lipinski definition) is 1. The van der Waals surface area contributed by atoms with Crippen LogP contribution in [0.4, 0.5) is 5.69 Å². The van der Waals surface area contributed by atoms with E-state index in [1.165, 1.54) is 11.8 Å². The Bertz CT molecular complexity index is 1010. The predicted octanol–water partition coefficient (Wildman–Crippen LogP) is 3.64. The molecule has 1 fully saturated rings. The van der Waals surface area contributed by atoms with Crippen LogP contribution in [-0.2, 0) is 11.3 Å². The maximum absolute atomic E-state index is 12.8. The second-order valence-corrected chi connectivity index (χ2v) is 7.80. The molecule has 1 aliphatic heterocycles. The largest absolute Gasteiger partial charge is 0.481 e. The molecule has 0 spiro atoms. The zero-order chi connectivity index (χ0) is 22.3. The Hall–Kier alpha value is -3.58. The van der Waals surface area contributed by atoms with Gasteiger partial charge in [0.25, 0.3) is 11.8 Å². The van der Waals surface area contributed by atoms with E-state index >= 15 is 0 Å². The van der Waals surface area contributed by atoms with Gasteiger partial charge in [0.2, 0.25) is 0 Å². The molecule has 1 N–H and O–H groups in total. The van der Waals surface area contributed by atoms with Gasteiger partial charge < -0.3 is 19.4 Å². The Labute approximate surface area is 187 Å². The standard InChI is InChI=1S/C25H27N3O4/c1-19(25(30)28-15-13-27(14-16-28)18-20-6-3-2-4-7-20)32-22-11-9-21(10-12-22)26-24(29)23-8-5-17-31-23/h2-12,17,19H,13-16,18H2,1H3,(H,26,29)/t19-/m0/s1. The van der Waals surface area contributed by atoms with E-state index < -0.39 is 6.10 Å². The highest BCUT2D eigenvalue weighted by Gasteiger charge is 2.26. The lowest BCUT2D eigenvalue weighted by Gasteiger charge is -2.35. The molecule has 7 heteroatoms. The van der Waals surface area contributed by atoms with E-state index in [1.807, 2.05) is 23.1 Å². The molecule has 32 heavy (non-hydrogen) atoms. The fraction of sp³-hybridized carbons (Fsp3) is 0.280. The predicted molar refractivity (Wildman–Crippen MR) is 121 cm³/mol. The summed E-state index contributed by atoms with van der Waals surface area (Å²) in [6.45, 7) is 5.74. The highest BCUT2D eigenvalue weighted by molar-refractivity contribution is 6.02. The summed E-state index contributed by atoms with van der Waals surface area (Å²) in [7, 11) is 0. The van der Waals surface area contributed by atoms with Gasteiger partial charge in [-0.1, -0.05) is 30.3 Å².